The van der Waals surface area contributed by atoms with E-state index in [1.54, 1.807) is 0 Å². The topological polar surface area (TPSA) is 30.5 Å². The third kappa shape index (κ3) is 2.79. The van der Waals surface area contributed by atoms with Crippen LogP contribution < -0.4 is 5.32 Å². The van der Waals surface area contributed by atoms with Crippen molar-refractivity contribution >= 4 is 0 Å². The molecule has 0 bridgehead atoms. The van der Waals surface area contributed by atoms with Crippen molar-refractivity contribution in [3.8, 4) is 0 Å². The summed E-state index contributed by atoms with van der Waals surface area (Å²) < 4.78 is 0. The Morgan fingerprint density at radius 3 is 2.38 bits per heavy atom. The smallest absolute Gasteiger partial charge is 0.168 e. The molecule has 0 aromatic rings. The molecule has 2 atom stereocenters. The average Bonchev–Trinajstić information content (AvgIpc) is 2.30. The number of hydrogen-bond acceptors (Lipinski definition) is 3. The molecule has 0 spiro atoms. The lowest BCUT2D eigenvalue weighted by molar-refractivity contribution is -0.303. The van der Waals surface area contributed by atoms with Crippen LogP contribution in [0.2, 0.25) is 0 Å². The van der Waals surface area contributed by atoms with E-state index in [-0.39, 0.29) is 17.9 Å². The van der Waals surface area contributed by atoms with E-state index in [2.05, 4.69) is 39.6 Å². The van der Waals surface area contributed by atoms with Crippen molar-refractivity contribution in [1.82, 2.24) is 5.32 Å². The monoisotopic (exact) mass is 185 g/mol. The standard InChI is InChI=1S/C10H19NO2/c1-6-8-7(2)9(13-12-8)11-10(3,4)5/h8-9,11H,2,6H2,1,3-5H3. The van der Waals surface area contributed by atoms with Gasteiger partial charge in [0.15, 0.2) is 6.23 Å². The first-order valence-corrected chi connectivity index (χ1v) is 4.72. The zero-order valence-electron chi connectivity index (χ0n) is 8.89. The second kappa shape index (κ2) is 3.78. The van der Waals surface area contributed by atoms with E-state index in [0.717, 1.165) is 12.0 Å². The summed E-state index contributed by atoms with van der Waals surface area (Å²) >= 11 is 0. The minimum atomic E-state index is -0.162. The van der Waals surface area contributed by atoms with Gasteiger partial charge in [0.2, 0.25) is 0 Å². The number of rotatable bonds is 2. The second-order valence-corrected chi connectivity index (χ2v) is 4.44. The molecule has 76 valence electrons. The van der Waals surface area contributed by atoms with Crippen molar-refractivity contribution in [2.45, 2.75) is 52.0 Å². The van der Waals surface area contributed by atoms with Crippen LogP contribution in [0.4, 0.5) is 0 Å². The Hall–Kier alpha value is -0.380. The Bertz CT molecular complexity index is 196. The van der Waals surface area contributed by atoms with Crippen molar-refractivity contribution < 1.29 is 9.78 Å². The predicted molar refractivity (Wildman–Crippen MR) is 52.1 cm³/mol. The zero-order chi connectivity index (χ0) is 10.1. The Balaban J connectivity index is 2.51. The fraction of sp³-hybridized carbons (Fsp3) is 0.800. The van der Waals surface area contributed by atoms with Gasteiger partial charge in [0.1, 0.15) is 6.10 Å². The van der Waals surface area contributed by atoms with Crippen LogP contribution in [0.3, 0.4) is 0 Å². The molecule has 0 aromatic carbocycles. The summed E-state index contributed by atoms with van der Waals surface area (Å²) in [7, 11) is 0. The maximum absolute atomic E-state index is 5.13. The van der Waals surface area contributed by atoms with Gasteiger partial charge in [-0.15, -0.1) is 0 Å². The van der Waals surface area contributed by atoms with Crippen molar-refractivity contribution in [2.24, 2.45) is 0 Å². The summed E-state index contributed by atoms with van der Waals surface area (Å²) in [6, 6.07) is 0. The summed E-state index contributed by atoms with van der Waals surface area (Å²) in [6.45, 7) is 12.3. The summed E-state index contributed by atoms with van der Waals surface area (Å²) in [4.78, 5) is 10.2. The molecule has 1 aliphatic rings. The fourth-order valence-electron chi connectivity index (χ4n) is 1.26. The summed E-state index contributed by atoms with van der Waals surface area (Å²) in [5.74, 6) is 0. The summed E-state index contributed by atoms with van der Waals surface area (Å²) in [5.41, 5.74) is 0.997. The van der Waals surface area contributed by atoms with Gasteiger partial charge in [-0.1, -0.05) is 13.5 Å². The molecule has 1 aliphatic heterocycles. The van der Waals surface area contributed by atoms with Gasteiger partial charge in [0.05, 0.1) is 0 Å². The van der Waals surface area contributed by atoms with Crippen molar-refractivity contribution in [3.05, 3.63) is 12.2 Å². The van der Waals surface area contributed by atoms with Gasteiger partial charge < -0.3 is 0 Å². The molecule has 3 nitrogen and oxygen atoms in total. The van der Waals surface area contributed by atoms with Gasteiger partial charge in [-0.3, -0.25) is 5.32 Å². The lowest BCUT2D eigenvalue weighted by atomic mass is 10.0. The van der Waals surface area contributed by atoms with E-state index in [1.807, 2.05) is 0 Å². The second-order valence-electron chi connectivity index (χ2n) is 4.44. The third-order valence-corrected chi connectivity index (χ3v) is 1.95. The van der Waals surface area contributed by atoms with Crippen molar-refractivity contribution in [3.63, 3.8) is 0 Å². The molecule has 0 aliphatic carbocycles. The quantitative estimate of drug-likeness (QED) is 0.527. The van der Waals surface area contributed by atoms with E-state index in [4.69, 9.17) is 9.78 Å². The molecule has 1 rings (SSSR count). The van der Waals surface area contributed by atoms with Crippen molar-refractivity contribution in [1.29, 1.82) is 0 Å². The molecule has 1 N–H and O–H groups in total. The van der Waals surface area contributed by atoms with Gasteiger partial charge in [0, 0.05) is 11.1 Å². The van der Waals surface area contributed by atoms with E-state index in [0.29, 0.717) is 0 Å². The Morgan fingerprint density at radius 2 is 2.00 bits per heavy atom. The first-order valence-electron chi connectivity index (χ1n) is 4.72. The molecule has 13 heavy (non-hydrogen) atoms. The summed E-state index contributed by atoms with van der Waals surface area (Å²) in [5, 5.41) is 3.29. The first-order chi connectivity index (χ1) is 5.94. The van der Waals surface area contributed by atoms with E-state index in [1.165, 1.54) is 0 Å². The van der Waals surface area contributed by atoms with Crippen LogP contribution in [0.5, 0.6) is 0 Å². The highest BCUT2D eigenvalue weighted by atomic mass is 17.2. The Morgan fingerprint density at radius 1 is 1.38 bits per heavy atom. The lowest BCUT2D eigenvalue weighted by Gasteiger charge is -2.24. The highest BCUT2D eigenvalue weighted by Gasteiger charge is 2.32. The Labute approximate surface area is 80.0 Å². The maximum atomic E-state index is 5.13. The highest BCUT2D eigenvalue weighted by molar-refractivity contribution is 5.10. The van der Waals surface area contributed by atoms with Crippen LogP contribution in [0.15, 0.2) is 12.2 Å². The number of nitrogens with one attached hydrogen (secondary N) is 1. The normalized spacial score (nSPS) is 29.7. The average molecular weight is 185 g/mol. The number of hydrogen-bond donors (Lipinski definition) is 1. The molecule has 3 heteroatoms. The lowest BCUT2D eigenvalue weighted by Crippen LogP contribution is -2.44. The van der Waals surface area contributed by atoms with Crippen LogP contribution in [-0.4, -0.2) is 17.9 Å². The minimum absolute atomic E-state index is 0.0135. The van der Waals surface area contributed by atoms with Crippen molar-refractivity contribution in [2.75, 3.05) is 0 Å². The van der Waals surface area contributed by atoms with Gasteiger partial charge in [-0.2, -0.15) is 0 Å². The molecular weight excluding hydrogens is 166 g/mol. The van der Waals surface area contributed by atoms with Crippen LogP contribution in [-0.2, 0) is 9.78 Å². The van der Waals surface area contributed by atoms with Crippen LogP contribution in [0.1, 0.15) is 34.1 Å². The Kier molecular flexibility index (Phi) is 3.11. The minimum Gasteiger partial charge on any atom is -0.281 e. The molecule has 0 saturated carbocycles. The summed E-state index contributed by atoms with van der Waals surface area (Å²) in [6.07, 6.45) is 0.783. The van der Waals surface area contributed by atoms with Crippen LogP contribution in [0, 0.1) is 0 Å². The third-order valence-electron chi connectivity index (χ3n) is 1.95. The van der Waals surface area contributed by atoms with E-state index < -0.39 is 0 Å². The largest absolute Gasteiger partial charge is 0.281 e. The molecule has 1 fully saturated rings. The predicted octanol–water partition coefficient (Wildman–Crippen LogP) is 2.00. The zero-order valence-corrected chi connectivity index (χ0v) is 8.89. The van der Waals surface area contributed by atoms with Gasteiger partial charge in [-0.25, -0.2) is 9.78 Å². The van der Waals surface area contributed by atoms with Crippen LogP contribution in [0.25, 0.3) is 0 Å². The molecule has 2 unspecified atom stereocenters. The first kappa shape index (κ1) is 10.7. The molecule has 0 radical (unpaired) electrons. The van der Waals surface area contributed by atoms with Gasteiger partial charge >= 0.3 is 0 Å². The maximum Gasteiger partial charge on any atom is 0.168 e. The molecule has 1 saturated heterocycles. The molecule has 1 heterocycles. The molecule has 0 amide bonds. The fourth-order valence-corrected chi connectivity index (χ4v) is 1.26. The molecular formula is C10H19NO2. The van der Waals surface area contributed by atoms with Gasteiger partial charge in [-0.05, 0) is 27.2 Å². The molecule has 0 aromatic heterocycles. The van der Waals surface area contributed by atoms with Crippen LogP contribution >= 0.6 is 0 Å². The SMILES string of the molecule is C=C1C(CC)OOC1NC(C)(C)C. The van der Waals surface area contributed by atoms with E-state index >= 15 is 0 Å². The van der Waals surface area contributed by atoms with E-state index in [9.17, 15) is 0 Å². The highest BCUT2D eigenvalue weighted by Crippen LogP contribution is 2.24. The van der Waals surface area contributed by atoms with Gasteiger partial charge in [0.25, 0.3) is 0 Å².